The maximum atomic E-state index is 12.8. The van der Waals surface area contributed by atoms with Crippen molar-refractivity contribution in [3.05, 3.63) is 80.4 Å². The second-order valence-corrected chi connectivity index (χ2v) is 7.43. The number of nitrogens with two attached hydrogens (primary N) is 1. The maximum absolute atomic E-state index is 12.8. The Balaban J connectivity index is 2.14. The Bertz CT molecular complexity index is 1230. The van der Waals surface area contributed by atoms with Crippen molar-refractivity contribution in [2.24, 2.45) is 5.73 Å². The molecule has 0 saturated carbocycles. The molecule has 1 heterocycles. The van der Waals surface area contributed by atoms with Gasteiger partial charge in [-0.25, -0.2) is 9.48 Å². The summed E-state index contributed by atoms with van der Waals surface area (Å²) in [4.78, 5) is 36.7. The van der Waals surface area contributed by atoms with Crippen molar-refractivity contribution in [2.75, 3.05) is 5.32 Å². The summed E-state index contributed by atoms with van der Waals surface area (Å²) in [6.45, 7) is 0. The number of nitriles is 1. The van der Waals surface area contributed by atoms with E-state index in [4.69, 9.17) is 22.6 Å². The predicted octanol–water partition coefficient (Wildman–Crippen LogP) is 3.20. The highest BCUT2D eigenvalue weighted by Gasteiger charge is 2.30. The quantitative estimate of drug-likeness (QED) is 0.471. The summed E-state index contributed by atoms with van der Waals surface area (Å²) in [5.41, 5.74) is 5.97. The molecule has 9 nitrogen and oxygen atoms in total. The second kappa shape index (κ2) is 8.99. The van der Waals surface area contributed by atoms with Gasteiger partial charge in [0.1, 0.15) is 5.82 Å². The molecule has 1 atom stereocenters. The molecule has 1 unspecified atom stereocenters. The van der Waals surface area contributed by atoms with Crippen LogP contribution in [0.25, 0.3) is 0 Å². The highest BCUT2D eigenvalue weighted by Crippen LogP contribution is 2.32. The molecule has 3 rings (SSSR count). The number of nitrogens with one attached hydrogen (secondary N) is 1. The number of aromatic nitrogens is 2. The first-order valence-electron chi connectivity index (χ1n) is 8.61. The SMILES string of the molecule is N#Cc1ccc(C(C(N)=O)n2nc(C(=O)O)c(Br)c2NC(=O)c2ccccc2Cl)cc1. The van der Waals surface area contributed by atoms with Crippen molar-refractivity contribution in [1.82, 2.24) is 9.78 Å². The molecule has 0 aliphatic rings. The number of hydrogen-bond acceptors (Lipinski definition) is 5. The molecule has 11 heteroatoms. The van der Waals surface area contributed by atoms with Gasteiger partial charge in [-0.3, -0.25) is 9.59 Å². The first-order chi connectivity index (χ1) is 14.7. The van der Waals surface area contributed by atoms with Gasteiger partial charge in [-0.05, 0) is 45.8 Å². The molecule has 156 valence electrons. The summed E-state index contributed by atoms with van der Waals surface area (Å²) >= 11 is 9.20. The maximum Gasteiger partial charge on any atom is 0.357 e. The average Bonchev–Trinajstić information content (AvgIpc) is 3.05. The standard InChI is InChI=1S/C20H13BrClN5O4/c21-14-15(20(30)31)26-27(16(17(24)28)11-7-5-10(9-23)6-8-11)18(14)25-19(29)12-3-1-2-4-13(12)22/h1-8,16H,(H2,24,28)(H,25,29)(H,30,31). The third-order valence-corrected chi connectivity index (χ3v) is 5.36. The molecule has 3 aromatic rings. The van der Waals surface area contributed by atoms with Crippen LogP contribution < -0.4 is 11.1 Å². The van der Waals surface area contributed by atoms with Crippen LogP contribution in [0.1, 0.15) is 38.0 Å². The van der Waals surface area contributed by atoms with Gasteiger partial charge >= 0.3 is 5.97 Å². The molecule has 4 N–H and O–H groups in total. The molecule has 2 amide bonds. The summed E-state index contributed by atoms with van der Waals surface area (Å²) < 4.78 is 0.951. The van der Waals surface area contributed by atoms with Crippen molar-refractivity contribution in [2.45, 2.75) is 6.04 Å². The lowest BCUT2D eigenvalue weighted by Gasteiger charge is -2.18. The fourth-order valence-electron chi connectivity index (χ4n) is 2.84. The van der Waals surface area contributed by atoms with Crippen LogP contribution in [0.4, 0.5) is 5.82 Å². The van der Waals surface area contributed by atoms with Gasteiger partial charge in [-0.15, -0.1) is 0 Å². The number of benzene rings is 2. The van der Waals surface area contributed by atoms with Crippen LogP contribution in [0.3, 0.4) is 0 Å². The average molecular weight is 503 g/mol. The van der Waals surface area contributed by atoms with E-state index >= 15 is 0 Å². The molecule has 0 spiro atoms. The first-order valence-corrected chi connectivity index (χ1v) is 9.78. The Kier molecular flexibility index (Phi) is 6.39. The zero-order valence-corrected chi connectivity index (χ0v) is 17.9. The van der Waals surface area contributed by atoms with E-state index in [1.54, 1.807) is 12.1 Å². The van der Waals surface area contributed by atoms with Crippen LogP contribution in [-0.2, 0) is 4.79 Å². The summed E-state index contributed by atoms with van der Waals surface area (Å²) in [6.07, 6.45) is 0. The fourth-order valence-corrected chi connectivity index (χ4v) is 3.59. The van der Waals surface area contributed by atoms with E-state index < -0.39 is 29.5 Å². The molecule has 0 fully saturated rings. The van der Waals surface area contributed by atoms with E-state index in [1.807, 2.05) is 6.07 Å². The van der Waals surface area contributed by atoms with E-state index in [0.29, 0.717) is 11.1 Å². The summed E-state index contributed by atoms with van der Waals surface area (Å²) in [7, 11) is 0. The van der Waals surface area contributed by atoms with Crippen LogP contribution in [0.5, 0.6) is 0 Å². The monoisotopic (exact) mass is 501 g/mol. The Labute approximate surface area is 189 Å². The lowest BCUT2D eigenvalue weighted by atomic mass is 10.0. The number of primary amides is 1. The van der Waals surface area contributed by atoms with Gasteiger partial charge in [-0.1, -0.05) is 35.9 Å². The zero-order valence-electron chi connectivity index (χ0n) is 15.5. The molecule has 0 radical (unpaired) electrons. The normalized spacial score (nSPS) is 11.4. The number of carboxylic acids is 1. The highest BCUT2D eigenvalue weighted by molar-refractivity contribution is 9.10. The fraction of sp³-hybridized carbons (Fsp3) is 0.0500. The number of nitrogens with zero attached hydrogens (tertiary/aromatic N) is 3. The molecule has 0 saturated heterocycles. The van der Waals surface area contributed by atoms with E-state index in [-0.39, 0.29) is 20.9 Å². The van der Waals surface area contributed by atoms with Gasteiger partial charge < -0.3 is 16.2 Å². The number of carbonyl (C=O) groups is 3. The smallest absolute Gasteiger partial charge is 0.357 e. The van der Waals surface area contributed by atoms with Crippen LogP contribution >= 0.6 is 27.5 Å². The summed E-state index contributed by atoms with van der Waals surface area (Å²) in [6, 6.07) is 12.9. The lowest BCUT2D eigenvalue weighted by molar-refractivity contribution is -0.120. The first kappa shape index (κ1) is 22.0. The topological polar surface area (TPSA) is 151 Å². The van der Waals surface area contributed by atoms with E-state index in [0.717, 1.165) is 4.68 Å². The Morgan fingerprint density at radius 2 is 1.84 bits per heavy atom. The zero-order chi connectivity index (χ0) is 22.7. The van der Waals surface area contributed by atoms with Gasteiger partial charge in [-0.2, -0.15) is 10.4 Å². The summed E-state index contributed by atoms with van der Waals surface area (Å²) in [5.74, 6) is -2.99. The Morgan fingerprint density at radius 1 is 1.19 bits per heavy atom. The molecule has 0 aliphatic carbocycles. The minimum absolute atomic E-state index is 0.0553. The molecule has 2 aromatic carbocycles. The third-order valence-electron chi connectivity index (χ3n) is 4.28. The van der Waals surface area contributed by atoms with Crippen molar-refractivity contribution < 1.29 is 19.5 Å². The molecular formula is C20H13BrClN5O4. The third kappa shape index (κ3) is 4.42. The Morgan fingerprint density at radius 3 is 2.39 bits per heavy atom. The minimum atomic E-state index is -1.39. The van der Waals surface area contributed by atoms with E-state index in [1.165, 1.54) is 36.4 Å². The molecule has 0 bridgehead atoms. The molecule has 31 heavy (non-hydrogen) atoms. The number of rotatable bonds is 6. The number of halogens is 2. The largest absolute Gasteiger partial charge is 0.476 e. The highest BCUT2D eigenvalue weighted by atomic mass is 79.9. The minimum Gasteiger partial charge on any atom is -0.476 e. The van der Waals surface area contributed by atoms with Crippen LogP contribution in [0.15, 0.2) is 53.0 Å². The second-order valence-electron chi connectivity index (χ2n) is 6.23. The lowest BCUT2D eigenvalue weighted by Crippen LogP contribution is -2.30. The van der Waals surface area contributed by atoms with Gasteiger partial charge in [0.15, 0.2) is 11.7 Å². The number of amides is 2. The van der Waals surface area contributed by atoms with Crippen LogP contribution in [0.2, 0.25) is 5.02 Å². The Hall–Kier alpha value is -3.68. The summed E-state index contributed by atoms with van der Waals surface area (Å²) in [5, 5.41) is 25.1. The number of anilines is 1. The van der Waals surface area contributed by atoms with Gasteiger partial charge in [0.25, 0.3) is 5.91 Å². The van der Waals surface area contributed by atoms with Crippen LogP contribution in [0, 0.1) is 11.3 Å². The van der Waals surface area contributed by atoms with Gasteiger partial charge in [0, 0.05) is 0 Å². The number of carbonyl (C=O) groups excluding carboxylic acids is 2. The van der Waals surface area contributed by atoms with Crippen molar-refractivity contribution in [3.63, 3.8) is 0 Å². The van der Waals surface area contributed by atoms with Crippen molar-refractivity contribution >= 4 is 51.1 Å². The van der Waals surface area contributed by atoms with Gasteiger partial charge in [0.2, 0.25) is 5.91 Å². The van der Waals surface area contributed by atoms with Crippen LogP contribution in [-0.4, -0.2) is 32.7 Å². The van der Waals surface area contributed by atoms with E-state index in [9.17, 15) is 19.5 Å². The van der Waals surface area contributed by atoms with E-state index in [2.05, 4.69) is 26.3 Å². The number of carboxylic acid groups (broad SMARTS) is 1. The van der Waals surface area contributed by atoms with Crippen molar-refractivity contribution in [3.8, 4) is 6.07 Å². The molecular weight excluding hydrogens is 490 g/mol. The van der Waals surface area contributed by atoms with Gasteiger partial charge in [0.05, 0.1) is 26.7 Å². The number of aromatic carboxylic acids is 1. The molecule has 1 aromatic heterocycles. The van der Waals surface area contributed by atoms with Crippen molar-refractivity contribution in [1.29, 1.82) is 5.26 Å². The molecule has 0 aliphatic heterocycles. The predicted molar refractivity (Wildman–Crippen MR) is 115 cm³/mol. The number of hydrogen-bond donors (Lipinski definition) is 3.